The quantitative estimate of drug-likeness (QED) is 0.871. The van der Waals surface area contributed by atoms with Crippen molar-refractivity contribution < 1.29 is 9.53 Å². The molecule has 0 amide bonds. The molecule has 0 radical (unpaired) electrons. The average molecular weight is 299 g/mol. The van der Waals surface area contributed by atoms with Crippen LogP contribution in [0.3, 0.4) is 0 Å². The molecule has 0 saturated heterocycles. The number of carbonyl (C=O) groups is 1. The fourth-order valence-corrected chi connectivity index (χ4v) is 2.67. The lowest BCUT2D eigenvalue weighted by Crippen LogP contribution is -2.30. The molecule has 0 unspecified atom stereocenters. The van der Waals surface area contributed by atoms with Gasteiger partial charge in [0, 0.05) is 5.70 Å². The predicted molar refractivity (Wildman–Crippen MR) is 80.1 cm³/mol. The highest BCUT2D eigenvalue weighted by Gasteiger charge is 2.35. The van der Waals surface area contributed by atoms with E-state index in [1.165, 1.54) is 0 Å². The minimum Gasteiger partial charge on any atom is -0.463 e. The summed E-state index contributed by atoms with van der Waals surface area (Å²) < 4.78 is 6.83. The van der Waals surface area contributed by atoms with Crippen LogP contribution in [-0.4, -0.2) is 32.8 Å². The number of hydrogen-bond acceptors (Lipinski definition) is 6. The maximum absolute atomic E-state index is 12.4. The van der Waals surface area contributed by atoms with E-state index >= 15 is 0 Å². The smallest absolute Gasteiger partial charge is 0.338 e. The van der Waals surface area contributed by atoms with Gasteiger partial charge in [-0.3, -0.25) is 0 Å². The summed E-state index contributed by atoms with van der Waals surface area (Å²) in [6.45, 7) is 5.93. The van der Waals surface area contributed by atoms with E-state index in [4.69, 9.17) is 4.74 Å². The number of aromatic nitrogens is 4. The van der Waals surface area contributed by atoms with Gasteiger partial charge in [-0.25, -0.2) is 4.79 Å². The first-order valence-corrected chi connectivity index (χ1v) is 7.11. The van der Waals surface area contributed by atoms with E-state index in [1.807, 2.05) is 38.1 Å². The molecule has 0 spiro atoms. The highest BCUT2D eigenvalue weighted by Crippen LogP contribution is 2.35. The average Bonchev–Trinajstić information content (AvgIpc) is 2.94. The first-order valence-electron chi connectivity index (χ1n) is 7.11. The second kappa shape index (κ2) is 5.59. The van der Waals surface area contributed by atoms with Gasteiger partial charge in [0.1, 0.15) is 6.04 Å². The van der Waals surface area contributed by atoms with Gasteiger partial charge in [0.25, 0.3) is 0 Å². The number of nitrogens with zero attached hydrogens (tertiary/aromatic N) is 4. The molecule has 1 N–H and O–H groups in total. The van der Waals surface area contributed by atoms with E-state index in [-0.39, 0.29) is 5.97 Å². The Morgan fingerprint density at radius 3 is 2.86 bits per heavy atom. The SMILES string of the molecule is CCOC(=O)C1=C(C)Nc2nnnn2[C@@H]1c1ccccc1C. The molecule has 2 heterocycles. The topological polar surface area (TPSA) is 81.9 Å². The van der Waals surface area contributed by atoms with E-state index in [1.54, 1.807) is 11.6 Å². The Hall–Kier alpha value is -2.70. The number of hydrogen-bond donors (Lipinski definition) is 1. The zero-order valence-electron chi connectivity index (χ0n) is 12.7. The van der Waals surface area contributed by atoms with Crippen LogP contribution in [0.4, 0.5) is 5.95 Å². The molecule has 0 saturated carbocycles. The van der Waals surface area contributed by atoms with E-state index in [9.17, 15) is 4.79 Å². The fraction of sp³-hybridized carbons (Fsp3) is 0.333. The minimum absolute atomic E-state index is 0.318. The zero-order valence-corrected chi connectivity index (χ0v) is 12.7. The van der Waals surface area contributed by atoms with Gasteiger partial charge in [0.2, 0.25) is 5.95 Å². The number of esters is 1. The maximum atomic E-state index is 12.4. The molecule has 1 aliphatic heterocycles. The maximum Gasteiger partial charge on any atom is 0.338 e. The molecule has 3 rings (SSSR count). The molecule has 1 atom stereocenters. The third kappa shape index (κ3) is 2.24. The molecule has 114 valence electrons. The summed E-state index contributed by atoms with van der Waals surface area (Å²) in [6.07, 6.45) is 0. The molecule has 0 bridgehead atoms. The molecular formula is C15H17N5O2. The van der Waals surface area contributed by atoms with Crippen LogP contribution in [0.1, 0.15) is 31.0 Å². The van der Waals surface area contributed by atoms with Gasteiger partial charge in [-0.2, -0.15) is 4.68 Å². The summed E-state index contributed by atoms with van der Waals surface area (Å²) in [7, 11) is 0. The molecule has 2 aromatic rings. The van der Waals surface area contributed by atoms with Crippen molar-refractivity contribution in [2.24, 2.45) is 0 Å². The van der Waals surface area contributed by atoms with Gasteiger partial charge >= 0.3 is 5.97 Å². The zero-order chi connectivity index (χ0) is 15.7. The summed E-state index contributed by atoms with van der Waals surface area (Å²) in [5.74, 6) is 0.153. The number of rotatable bonds is 3. The van der Waals surface area contributed by atoms with Crippen molar-refractivity contribution >= 4 is 11.9 Å². The van der Waals surface area contributed by atoms with Crippen molar-refractivity contribution in [3.05, 3.63) is 46.7 Å². The van der Waals surface area contributed by atoms with Gasteiger partial charge in [-0.05, 0) is 42.3 Å². The Morgan fingerprint density at radius 1 is 1.36 bits per heavy atom. The molecule has 22 heavy (non-hydrogen) atoms. The summed E-state index contributed by atoms with van der Waals surface area (Å²) in [6, 6.07) is 7.47. The Labute approximate surface area is 128 Å². The van der Waals surface area contributed by atoms with Crippen molar-refractivity contribution in [1.82, 2.24) is 20.2 Å². The number of anilines is 1. The largest absolute Gasteiger partial charge is 0.463 e. The van der Waals surface area contributed by atoms with Crippen molar-refractivity contribution in [3.63, 3.8) is 0 Å². The number of tetrazole rings is 1. The third-order valence-corrected chi connectivity index (χ3v) is 3.69. The highest BCUT2D eigenvalue weighted by molar-refractivity contribution is 5.92. The molecule has 7 heteroatoms. The Morgan fingerprint density at radius 2 is 2.14 bits per heavy atom. The first kappa shape index (κ1) is 14.2. The Kier molecular flexibility index (Phi) is 3.62. The van der Waals surface area contributed by atoms with E-state index < -0.39 is 6.04 Å². The minimum atomic E-state index is -0.397. The Balaban J connectivity index is 2.18. The van der Waals surface area contributed by atoms with Gasteiger partial charge in [-0.1, -0.05) is 29.4 Å². The molecular weight excluding hydrogens is 282 g/mol. The molecule has 1 aromatic carbocycles. The normalized spacial score (nSPS) is 17.0. The van der Waals surface area contributed by atoms with Crippen LogP contribution in [-0.2, 0) is 9.53 Å². The van der Waals surface area contributed by atoms with Gasteiger partial charge < -0.3 is 10.1 Å². The Bertz CT molecular complexity index is 750. The number of carbonyl (C=O) groups excluding carboxylic acids is 1. The molecule has 0 fully saturated rings. The summed E-state index contributed by atoms with van der Waals surface area (Å²) in [5, 5.41) is 14.8. The summed E-state index contributed by atoms with van der Waals surface area (Å²) in [5.41, 5.74) is 3.26. The van der Waals surface area contributed by atoms with Crippen LogP contribution in [0.5, 0.6) is 0 Å². The lowest BCUT2D eigenvalue weighted by atomic mass is 9.93. The number of allylic oxidation sites excluding steroid dienone is 1. The van der Waals surface area contributed by atoms with E-state index in [0.29, 0.717) is 23.8 Å². The molecule has 1 aliphatic rings. The second-order valence-corrected chi connectivity index (χ2v) is 5.09. The van der Waals surface area contributed by atoms with Crippen LogP contribution in [0.25, 0.3) is 0 Å². The van der Waals surface area contributed by atoms with Crippen LogP contribution in [0, 0.1) is 6.92 Å². The lowest BCUT2D eigenvalue weighted by molar-refractivity contribution is -0.139. The number of fused-ring (bicyclic) bond motifs is 1. The standard InChI is InChI=1S/C15H17N5O2/c1-4-22-14(21)12-10(3)16-15-17-18-19-20(15)13(12)11-8-6-5-7-9(11)2/h5-8,13H,4H2,1-3H3,(H,16,17,19)/t13-/m1/s1. The first-order chi connectivity index (χ1) is 10.6. The summed E-state index contributed by atoms with van der Waals surface area (Å²) in [4.78, 5) is 12.4. The number of aryl methyl sites for hydroxylation is 1. The predicted octanol–water partition coefficient (Wildman–Crippen LogP) is 1.83. The highest BCUT2D eigenvalue weighted by atomic mass is 16.5. The van der Waals surface area contributed by atoms with Crippen molar-refractivity contribution in [2.45, 2.75) is 26.8 Å². The fourth-order valence-electron chi connectivity index (χ4n) is 2.67. The van der Waals surface area contributed by atoms with Crippen LogP contribution >= 0.6 is 0 Å². The van der Waals surface area contributed by atoms with Crippen molar-refractivity contribution in [2.75, 3.05) is 11.9 Å². The third-order valence-electron chi connectivity index (χ3n) is 3.69. The monoisotopic (exact) mass is 299 g/mol. The van der Waals surface area contributed by atoms with Crippen LogP contribution in [0.2, 0.25) is 0 Å². The van der Waals surface area contributed by atoms with Crippen LogP contribution < -0.4 is 5.32 Å². The van der Waals surface area contributed by atoms with Gasteiger partial charge in [-0.15, -0.1) is 0 Å². The molecule has 0 aliphatic carbocycles. The van der Waals surface area contributed by atoms with Crippen molar-refractivity contribution in [1.29, 1.82) is 0 Å². The number of nitrogens with one attached hydrogen (secondary N) is 1. The second-order valence-electron chi connectivity index (χ2n) is 5.09. The van der Waals surface area contributed by atoms with Gasteiger partial charge in [0.15, 0.2) is 0 Å². The van der Waals surface area contributed by atoms with Crippen LogP contribution in [0.15, 0.2) is 35.5 Å². The lowest BCUT2D eigenvalue weighted by Gasteiger charge is -2.28. The summed E-state index contributed by atoms with van der Waals surface area (Å²) >= 11 is 0. The van der Waals surface area contributed by atoms with Crippen molar-refractivity contribution in [3.8, 4) is 0 Å². The van der Waals surface area contributed by atoms with Gasteiger partial charge in [0.05, 0.1) is 12.2 Å². The molecule has 7 nitrogen and oxygen atoms in total. The van der Waals surface area contributed by atoms with E-state index in [0.717, 1.165) is 11.1 Å². The number of ether oxygens (including phenoxy) is 1. The number of benzene rings is 1. The van der Waals surface area contributed by atoms with E-state index in [2.05, 4.69) is 20.8 Å². The molecule has 1 aromatic heterocycles.